The Bertz CT molecular complexity index is 1850. The molecule has 0 N–H and O–H groups in total. The molecule has 0 aromatic heterocycles. The van der Waals surface area contributed by atoms with Crippen LogP contribution in [0.25, 0.3) is 0 Å². The maximum absolute atomic E-state index is 14.3. The molecule has 0 amide bonds. The van der Waals surface area contributed by atoms with Gasteiger partial charge in [-0.1, -0.05) is 77.5 Å². The summed E-state index contributed by atoms with van der Waals surface area (Å²) in [6.45, 7) is 18.3. The van der Waals surface area contributed by atoms with E-state index >= 15 is 0 Å². The fraction of sp³-hybridized carbons (Fsp3) is 0.333. The molecule has 0 aliphatic rings. The van der Waals surface area contributed by atoms with Crippen LogP contribution in [0.15, 0.2) is 83.8 Å². The number of ether oxygens (including phenoxy) is 4. The Balaban J connectivity index is 0.000000354. The molecule has 0 unspecified atom stereocenters. The van der Waals surface area contributed by atoms with Crippen LogP contribution >= 0.6 is 15.9 Å². The Morgan fingerprint density at radius 1 is 0.673 bits per heavy atom. The first kappa shape index (κ1) is 45.3. The summed E-state index contributed by atoms with van der Waals surface area (Å²) in [6.07, 6.45) is 3.06. The Kier molecular flexibility index (Phi) is 17.9. The second-order valence-corrected chi connectivity index (χ2v) is 14.8. The van der Waals surface area contributed by atoms with E-state index in [2.05, 4.69) is 28.6 Å². The van der Waals surface area contributed by atoms with Gasteiger partial charge in [-0.2, -0.15) is 24.3 Å². The fourth-order valence-corrected chi connectivity index (χ4v) is 5.09. The summed E-state index contributed by atoms with van der Waals surface area (Å²) in [5.41, 5.74) is 3.94. The van der Waals surface area contributed by atoms with Crippen LogP contribution < -0.4 is 60.9 Å². The van der Waals surface area contributed by atoms with Crippen LogP contribution in [0.5, 0.6) is 11.5 Å². The van der Waals surface area contributed by atoms with Crippen molar-refractivity contribution in [2.24, 2.45) is 0 Å². The van der Waals surface area contributed by atoms with E-state index < -0.39 is 17.0 Å². The molecule has 0 aliphatic carbocycles. The van der Waals surface area contributed by atoms with Gasteiger partial charge in [0.1, 0.15) is 36.0 Å². The number of carbonyl (C=O) groups excluding carboxylic acids is 2. The van der Waals surface area contributed by atoms with Gasteiger partial charge in [0.25, 0.3) is 0 Å². The molecule has 0 aliphatic heterocycles. The Morgan fingerprint density at radius 3 is 1.50 bits per heavy atom. The molecule has 0 bridgehead atoms. The predicted molar refractivity (Wildman–Crippen MR) is 199 cm³/mol. The van der Waals surface area contributed by atoms with E-state index in [4.69, 9.17) is 18.9 Å². The van der Waals surface area contributed by atoms with Crippen LogP contribution in [0.1, 0.15) is 80.5 Å². The number of carbonyl (C=O) groups is 2. The molecule has 272 valence electrons. The zero-order valence-corrected chi connectivity index (χ0v) is 36.3. The molecule has 0 spiro atoms. The van der Waals surface area contributed by atoms with Crippen LogP contribution in [0.4, 0.5) is 8.78 Å². The maximum atomic E-state index is 14.3. The maximum Gasteiger partial charge on any atom is 1.00 e. The average Bonchev–Trinajstić information content (AvgIpc) is 3.03. The molecule has 0 radical (unpaired) electrons. The van der Waals surface area contributed by atoms with Crippen molar-refractivity contribution >= 4 is 27.9 Å². The van der Waals surface area contributed by atoms with Crippen LogP contribution in [0, 0.1) is 31.6 Å². The first-order valence-electron chi connectivity index (χ1n) is 16.5. The third-order valence-electron chi connectivity index (χ3n) is 7.13. The van der Waals surface area contributed by atoms with Crippen LogP contribution in [0.3, 0.4) is 0 Å². The van der Waals surface area contributed by atoms with Crippen LogP contribution in [-0.2, 0) is 45.1 Å². The van der Waals surface area contributed by atoms with E-state index in [1.54, 1.807) is 38.1 Å². The summed E-state index contributed by atoms with van der Waals surface area (Å²) < 4.78 is 51.0. The summed E-state index contributed by atoms with van der Waals surface area (Å²) in [4.78, 5) is 23.9. The third-order valence-corrected chi connectivity index (χ3v) is 7.99. The largest absolute Gasteiger partial charge is 1.00 e. The molecule has 4 aromatic rings. The van der Waals surface area contributed by atoms with Gasteiger partial charge in [-0.3, -0.25) is 9.59 Å². The van der Waals surface area contributed by atoms with Crippen molar-refractivity contribution in [2.75, 3.05) is 0 Å². The quantitative estimate of drug-likeness (QED) is 0.0902. The van der Waals surface area contributed by atoms with E-state index in [0.717, 1.165) is 22.3 Å². The zero-order valence-electron chi connectivity index (χ0n) is 31.5. The van der Waals surface area contributed by atoms with E-state index in [-0.39, 0.29) is 107 Å². The van der Waals surface area contributed by atoms with Gasteiger partial charge in [0.15, 0.2) is 11.6 Å². The minimum Gasteiger partial charge on any atom is -0.488 e. The Morgan fingerprint density at radius 2 is 1.08 bits per heavy atom. The minimum absolute atomic E-state index is 0. The first-order valence-corrected chi connectivity index (χ1v) is 17.3. The van der Waals surface area contributed by atoms with Gasteiger partial charge in [0.05, 0.1) is 12.8 Å². The Labute approximate surface area is 357 Å². The molecular weight excluding hydrogens is 757 g/mol. The summed E-state index contributed by atoms with van der Waals surface area (Å²) >= 11 is 3.29. The molecule has 0 fully saturated rings. The van der Waals surface area contributed by atoms with E-state index in [1.807, 2.05) is 90.1 Å². The zero-order chi connectivity index (χ0) is 37.9. The fourth-order valence-electron chi connectivity index (χ4n) is 4.78. The molecule has 0 heterocycles. The minimum atomic E-state index is -0.512. The van der Waals surface area contributed by atoms with E-state index in [0.29, 0.717) is 21.2 Å². The molecule has 52 heavy (non-hydrogen) atoms. The molecule has 6 nitrogen and oxygen atoms in total. The summed E-state index contributed by atoms with van der Waals surface area (Å²) in [6, 6.07) is 21.5. The second-order valence-electron chi connectivity index (χ2n) is 14.0. The normalized spacial score (nSPS) is 11.0. The van der Waals surface area contributed by atoms with Crippen LogP contribution in [0.2, 0.25) is 0 Å². The molecule has 4 aromatic carbocycles. The van der Waals surface area contributed by atoms with Gasteiger partial charge in [-0.05, 0) is 82.9 Å². The van der Waals surface area contributed by atoms with Crippen molar-refractivity contribution in [1.29, 1.82) is 0 Å². The Hall–Kier alpha value is -2.86. The van der Waals surface area contributed by atoms with Gasteiger partial charge in [0, 0.05) is 10.0 Å². The topological polar surface area (TPSA) is 71.1 Å². The number of benzene rings is 4. The molecule has 0 atom stereocenters. The summed E-state index contributed by atoms with van der Waals surface area (Å²) in [5.74, 6) is -0.964. The first-order chi connectivity index (χ1) is 23.8. The molecule has 0 saturated heterocycles. The van der Waals surface area contributed by atoms with Crippen molar-refractivity contribution in [3.05, 3.63) is 141 Å². The summed E-state index contributed by atoms with van der Waals surface area (Å²) in [7, 11) is 0. The van der Waals surface area contributed by atoms with Crippen molar-refractivity contribution in [3.8, 4) is 11.5 Å². The molecule has 10 heteroatoms. The number of rotatable bonds is 11. The predicted octanol–water partition coefficient (Wildman–Crippen LogP) is 7.30. The van der Waals surface area contributed by atoms with Crippen molar-refractivity contribution in [2.45, 2.75) is 92.6 Å². The van der Waals surface area contributed by atoms with Crippen molar-refractivity contribution in [3.63, 3.8) is 0 Å². The van der Waals surface area contributed by atoms with Gasteiger partial charge < -0.3 is 18.9 Å². The SMILES string of the molecule is C=[C-]c1ccc(OCc2cccc(CC(=O)OC(C)(C)C)c2)c(F)c1C.Cc1c(Br)ccc(OCc2cccc(CC(=O)OC(C)(C)C)c2)c1F.[K+]. The average molecular weight is 804 g/mol. The standard InChI is InChI=1S/C22H24FO3.C20H22BrFO3.K/c1-6-18-10-11-19(21(23)15(18)2)25-14-17-9-7-8-16(12-17)13-20(24)26-22(3,4)5;1-13-16(21)8-9-17(19(13)22)24-12-15-7-5-6-14(10-15)11-18(23)25-20(2,3)4;/h7-12H,1,13-14H2,2-5H3;5-10H,11-12H2,1-4H3;/q-1;;+1. The summed E-state index contributed by atoms with van der Waals surface area (Å²) in [5, 5.41) is 0. The van der Waals surface area contributed by atoms with Gasteiger partial charge >= 0.3 is 63.3 Å². The number of hydrogen-bond donors (Lipinski definition) is 0. The van der Waals surface area contributed by atoms with Crippen LogP contribution in [-0.4, -0.2) is 23.1 Å². The smallest absolute Gasteiger partial charge is 0.488 e. The number of hydrogen-bond acceptors (Lipinski definition) is 6. The van der Waals surface area contributed by atoms with Gasteiger partial charge in [-0.15, -0.1) is 5.56 Å². The van der Waals surface area contributed by atoms with Gasteiger partial charge in [-0.25, -0.2) is 8.78 Å². The van der Waals surface area contributed by atoms with E-state index in [1.165, 1.54) is 0 Å². The number of esters is 2. The molecular formula is C42H46BrF2KO6. The third kappa shape index (κ3) is 15.2. The van der Waals surface area contributed by atoms with Crippen molar-refractivity contribution in [1.82, 2.24) is 0 Å². The van der Waals surface area contributed by atoms with E-state index in [9.17, 15) is 18.4 Å². The second kappa shape index (κ2) is 20.6. The van der Waals surface area contributed by atoms with Gasteiger partial charge in [0.2, 0.25) is 0 Å². The molecule has 0 saturated carbocycles. The number of halogens is 3. The van der Waals surface area contributed by atoms with Crippen molar-refractivity contribution < 1.29 is 88.7 Å². The monoisotopic (exact) mass is 802 g/mol. The molecule has 4 rings (SSSR count).